The molecule has 0 amide bonds. The first-order valence-corrected chi connectivity index (χ1v) is 9.75. The molecule has 0 bridgehead atoms. The molecule has 29 heavy (non-hydrogen) atoms. The molecule has 1 unspecified atom stereocenters. The largest absolute Gasteiger partial charge is 0.488 e. The number of hydrogen-bond donors (Lipinski definition) is 0. The van der Waals surface area contributed by atoms with Crippen LogP contribution in [0.3, 0.4) is 0 Å². The minimum atomic E-state index is -0.137. The molecule has 5 heteroatoms. The predicted octanol–water partition coefficient (Wildman–Crippen LogP) is 4.74. The van der Waals surface area contributed by atoms with Crippen LogP contribution in [0.2, 0.25) is 0 Å². The van der Waals surface area contributed by atoms with Gasteiger partial charge in [-0.15, -0.1) is 0 Å². The fraction of sp³-hybridized carbons (Fsp3) is 0.250. The monoisotopic (exact) mass is 389 g/mol. The van der Waals surface area contributed by atoms with E-state index in [1.165, 1.54) is 0 Å². The predicted molar refractivity (Wildman–Crippen MR) is 112 cm³/mol. The Balaban J connectivity index is 1.50. The van der Waals surface area contributed by atoms with Crippen LogP contribution in [0.1, 0.15) is 29.9 Å². The summed E-state index contributed by atoms with van der Waals surface area (Å²) in [6, 6.07) is 17.3. The lowest BCUT2D eigenvalue weighted by Gasteiger charge is -2.20. The Hall–Kier alpha value is -3.18. The Labute approximate surface area is 169 Å². The van der Waals surface area contributed by atoms with Crippen molar-refractivity contribution in [3.63, 3.8) is 0 Å². The standard InChI is InChI=1S/C24H23NO4/c1-3-27-16(2)12-18-14-29-23-11-10-20(13-21(23)24(18)26)28-15-19-9-8-17-6-4-5-7-22(17)25-19/h4-13,16H,3,14-15H2,1-2H3. The van der Waals surface area contributed by atoms with Crippen molar-refractivity contribution in [1.82, 2.24) is 4.98 Å². The maximum absolute atomic E-state index is 12.9. The minimum Gasteiger partial charge on any atom is -0.488 e. The van der Waals surface area contributed by atoms with Crippen molar-refractivity contribution in [2.75, 3.05) is 13.2 Å². The third kappa shape index (κ3) is 4.30. The van der Waals surface area contributed by atoms with E-state index >= 15 is 0 Å². The normalized spacial score (nSPS) is 15.8. The van der Waals surface area contributed by atoms with Gasteiger partial charge in [0.25, 0.3) is 0 Å². The summed E-state index contributed by atoms with van der Waals surface area (Å²) in [4.78, 5) is 17.5. The van der Waals surface area contributed by atoms with E-state index in [-0.39, 0.29) is 18.5 Å². The van der Waals surface area contributed by atoms with Crippen LogP contribution >= 0.6 is 0 Å². The van der Waals surface area contributed by atoms with Crippen LogP contribution in [0, 0.1) is 0 Å². The van der Waals surface area contributed by atoms with E-state index in [0.29, 0.717) is 35.8 Å². The van der Waals surface area contributed by atoms with Gasteiger partial charge >= 0.3 is 0 Å². The van der Waals surface area contributed by atoms with Gasteiger partial charge in [0.05, 0.1) is 22.9 Å². The summed E-state index contributed by atoms with van der Waals surface area (Å²) in [6.45, 7) is 5.01. The van der Waals surface area contributed by atoms with Gasteiger partial charge in [-0.2, -0.15) is 0 Å². The molecule has 0 saturated heterocycles. The highest BCUT2D eigenvalue weighted by molar-refractivity contribution is 6.11. The van der Waals surface area contributed by atoms with E-state index < -0.39 is 0 Å². The van der Waals surface area contributed by atoms with Crippen LogP contribution < -0.4 is 9.47 Å². The molecular weight excluding hydrogens is 366 g/mol. The number of rotatable bonds is 6. The Morgan fingerprint density at radius 2 is 2.03 bits per heavy atom. The summed E-state index contributed by atoms with van der Waals surface area (Å²) in [5.41, 5.74) is 2.87. The first-order valence-electron chi connectivity index (χ1n) is 9.75. The van der Waals surface area contributed by atoms with Gasteiger partial charge in [0, 0.05) is 17.6 Å². The fourth-order valence-corrected chi connectivity index (χ4v) is 3.36. The Morgan fingerprint density at radius 3 is 2.90 bits per heavy atom. The third-order valence-electron chi connectivity index (χ3n) is 4.78. The third-order valence-corrected chi connectivity index (χ3v) is 4.78. The maximum Gasteiger partial charge on any atom is 0.196 e. The maximum atomic E-state index is 12.9. The number of fused-ring (bicyclic) bond motifs is 2. The number of pyridine rings is 1. The molecule has 148 valence electrons. The second-order valence-electron chi connectivity index (χ2n) is 6.91. The zero-order valence-electron chi connectivity index (χ0n) is 16.6. The lowest BCUT2D eigenvalue weighted by atomic mass is 9.99. The molecular formula is C24H23NO4. The van der Waals surface area contributed by atoms with Crippen LogP contribution in [-0.4, -0.2) is 30.1 Å². The zero-order chi connectivity index (χ0) is 20.2. The molecule has 0 N–H and O–H groups in total. The molecule has 0 saturated carbocycles. The molecule has 0 spiro atoms. The highest BCUT2D eigenvalue weighted by Gasteiger charge is 2.24. The summed E-state index contributed by atoms with van der Waals surface area (Å²) in [5, 5.41) is 1.09. The van der Waals surface area contributed by atoms with Gasteiger partial charge in [0.2, 0.25) is 0 Å². The van der Waals surface area contributed by atoms with E-state index in [0.717, 1.165) is 16.6 Å². The molecule has 0 fully saturated rings. The molecule has 5 nitrogen and oxygen atoms in total. The Kier molecular flexibility index (Phi) is 5.58. The fourth-order valence-electron chi connectivity index (χ4n) is 3.36. The van der Waals surface area contributed by atoms with Crippen molar-refractivity contribution in [3.8, 4) is 11.5 Å². The quantitative estimate of drug-likeness (QED) is 0.570. The molecule has 0 aliphatic carbocycles. The highest BCUT2D eigenvalue weighted by atomic mass is 16.5. The van der Waals surface area contributed by atoms with Crippen LogP contribution in [0.5, 0.6) is 11.5 Å². The lowest BCUT2D eigenvalue weighted by molar-refractivity contribution is 0.0964. The number of carbonyl (C=O) groups is 1. The van der Waals surface area contributed by atoms with Crippen molar-refractivity contribution in [2.45, 2.75) is 26.6 Å². The molecule has 4 rings (SSSR count). The lowest BCUT2D eigenvalue weighted by Crippen LogP contribution is -2.21. The van der Waals surface area contributed by atoms with E-state index in [1.54, 1.807) is 12.1 Å². The van der Waals surface area contributed by atoms with Crippen molar-refractivity contribution in [2.24, 2.45) is 0 Å². The van der Waals surface area contributed by atoms with Gasteiger partial charge in [0.15, 0.2) is 5.78 Å². The van der Waals surface area contributed by atoms with E-state index in [4.69, 9.17) is 14.2 Å². The summed E-state index contributed by atoms with van der Waals surface area (Å²) in [5.74, 6) is 1.13. The van der Waals surface area contributed by atoms with Gasteiger partial charge in [0.1, 0.15) is 24.7 Å². The van der Waals surface area contributed by atoms with E-state index in [9.17, 15) is 4.79 Å². The smallest absolute Gasteiger partial charge is 0.196 e. The van der Waals surface area contributed by atoms with Crippen LogP contribution in [0.15, 0.2) is 66.2 Å². The topological polar surface area (TPSA) is 57.6 Å². The van der Waals surface area contributed by atoms with Crippen LogP contribution in [-0.2, 0) is 11.3 Å². The SMILES string of the molecule is CCOC(C)C=C1COc2ccc(OCc3ccc4ccccc4n3)cc2C1=O. The number of ether oxygens (including phenoxy) is 3. The van der Waals surface area contributed by atoms with Crippen molar-refractivity contribution in [1.29, 1.82) is 0 Å². The van der Waals surface area contributed by atoms with Crippen molar-refractivity contribution in [3.05, 3.63) is 77.5 Å². The molecule has 1 aromatic heterocycles. The number of benzene rings is 2. The van der Waals surface area contributed by atoms with E-state index in [2.05, 4.69) is 4.98 Å². The Bertz CT molecular complexity index is 1070. The first-order chi connectivity index (χ1) is 14.1. The number of carbonyl (C=O) groups excluding carboxylic acids is 1. The number of aromatic nitrogens is 1. The number of Topliss-reactive ketones (excluding diaryl/α,β-unsaturated/α-hetero) is 1. The summed E-state index contributed by atoms with van der Waals surface area (Å²) in [7, 11) is 0. The summed E-state index contributed by atoms with van der Waals surface area (Å²) < 4.78 is 17.1. The van der Waals surface area contributed by atoms with E-state index in [1.807, 2.05) is 62.4 Å². The van der Waals surface area contributed by atoms with Gasteiger partial charge in [-0.05, 0) is 50.3 Å². The molecule has 1 aliphatic rings. The van der Waals surface area contributed by atoms with Gasteiger partial charge < -0.3 is 14.2 Å². The number of hydrogen-bond acceptors (Lipinski definition) is 5. The number of nitrogens with zero attached hydrogens (tertiary/aromatic N) is 1. The van der Waals surface area contributed by atoms with Crippen molar-refractivity contribution >= 4 is 16.7 Å². The van der Waals surface area contributed by atoms with Crippen molar-refractivity contribution < 1.29 is 19.0 Å². The number of para-hydroxylation sites is 1. The van der Waals surface area contributed by atoms with Crippen LogP contribution in [0.25, 0.3) is 10.9 Å². The molecule has 2 heterocycles. The molecule has 0 radical (unpaired) electrons. The zero-order valence-corrected chi connectivity index (χ0v) is 16.6. The van der Waals surface area contributed by atoms with Crippen LogP contribution in [0.4, 0.5) is 0 Å². The molecule has 1 atom stereocenters. The van der Waals surface area contributed by atoms with Gasteiger partial charge in [-0.1, -0.05) is 24.3 Å². The molecule has 2 aromatic carbocycles. The second kappa shape index (κ2) is 8.45. The highest BCUT2D eigenvalue weighted by Crippen LogP contribution is 2.31. The average Bonchev–Trinajstić information content (AvgIpc) is 2.74. The van der Waals surface area contributed by atoms with Gasteiger partial charge in [-0.25, -0.2) is 4.98 Å². The molecule has 1 aliphatic heterocycles. The number of ketones is 1. The summed E-state index contributed by atoms with van der Waals surface area (Å²) >= 11 is 0. The minimum absolute atomic E-state index is 0.0490. The Morgan fingerprint density at radius 1 is 1.17 bits per heavy atom. The molecule has 3 aromatic rings. The van der Waals surface area contributed by atoms with Gasteiger partial charge in [-0.3, -0.25) is 4.79 Å². The first kappa shape index (κ1) is 19.2. The summed E-state index contributed by atoms with van der Waals surface area (Å²) in [6.07, 6.45) is 1.68. The average molecular weight is 389 g/mol. The second-order valence-corrected chi connectivity index (χ2v) is 6.91.